The Morgan fingerprint density at radius 3 is 2.64 bits per heavy atom. The summed E-state index contributed by atoms with van der Waals surface area (Å²) >= 11 is 1.19. The number of carbonyl (C=O) groups excluding carboxylic acids is 3. The van der Waals surface area contributed by atoms with Crippen LogP contribution in [0.1, 0.15) is 34.6 Å². The fraction of sp³-hybridized carbons (Fsp3) is 0.375. The van der Waals surface area contributed by atoms with Crippen LogP contribution in [0.3, 0.4) is 0 Å². The number of esters is 1. The topological polar surface area (TPSA) is 113 Å². The van der Waals surface area contributed by atoms with Crippen LogP contribution in [0.5, 0.6) is 0 Å². The SMILES string of the molecule is CCOC(=O)c1c(NC(=O)/C=C/C(=O)O)sc2c1CCN(C(C)=O)C2. The Morgan fingerprint density at radius 2 is 2.04 bits per heavy atom. The third kappa shape index (κ3) is 4.44. The van der Waals surface area contributed by atoms with Gasteiger partial charge in [0.1, 0.15) is 5.00 Å². The summed E-state index contributed by atoms with van der Waals surface area (Å²) in [5, 5.41) is 11.4. The Bertz CT molecular complexity index is 752. The number of carboxylic acids is 1. The Kier molecular flexibility index (Phi) is 5.92. The van der Waals surface area contributed by atoms with Crippen molar-refractivity contribution in [3.05, 3.63) is 28.2 Å². The van der Waals surface area contributed by atoms with E-state index in [4.69, 9.17) is 9.84 Å². The molecule has 0 saturated carbocycles. The molecule has 25 heavy (non-hydrogen) atoms. The van der Waals surface area contributed by atoms with Gasteiger partial charge in [0.2, 0.25) is 11.8 Å². The lowest BCUT2D eigenvalue weighted by Crippen LogP contribution is -2.34. The van der Waals surface area contributed by atoms with E-state index in [9.17, 15) is 19.2 Å². The van der Waals surface area contributed by atoms with Crippen molar-refractivity contribution in [2.75, 3.05) is 18.5 Å². The van der Waals surface area contributed by atoms with E-state index in [1.165, 1.54) is 18.3 Å². The van der Waals surface area contributed by atoms with Gasteiger partial charge in [0, 0.05) is 30.5 Å². The maximum Gasteiger partial charge on any atom is 0.341 e. The van der Waals surface area contributed by atoms with Crippen molar-refractivity contribution in [3.8, 4) is 0 Å². The molecule has 2 N–H and O–H groups in total. The van der Waals surface area contributed by atoms with Crippen LogP contribution >= 0.6 is 11.3 Å². The molecule has 2 amide bonds. The minimum atomic E-state index is -1.25. The molecule has 2 rings (SSSR count). The molecule has 0 aliphatic carbocycles. The summed E-state index contributed by atoms with van der Waals surface area (Å²) in [7, 11) is 0. The number of nitrogens with one attached hydrogen (secondary N) is 1. The highest BCUT2D eigenvalue weighted by Crippen LogP contribution is 2.37. The van der Waals surface area contributed by atoms with E-state index < -0.39 is 17.8 Å². The van der Waals surface area contributed by atoms with Crippen molar-refractivity contribution in [2.45, 2.75) is 26.8 Å². The molecule has 0 bridgehead atoms. The molecule has 8 nitrogen and oxygen atoms in total. The lowest BCUT2D eigenvalue weighted by atomic mass is 10.0. The summed E-state index contributed by atoms with van der Waals surface area (Å²) in [6, 6.07) is 0. The zero-order valence-corrected chi connectivity index (χ0v) is 14.6. The fourth-order valence-electron chi connectivity index (χ4n) is 2.48. The first-order valence-electron chi connectivity index (χ1n) is 7.62. The molecule has 0 atom stereocenters. The minimum Gasteiger partial charge on any atom is -0.478 e. The van der Waals surface area contributed by atoms with Gasteiger partial charge in [-0.25, -0.2) is 9.59 Å². The van der Waals surface area contributed by atoms with Gasteiger partial charge in [0.05, 0.1) is 18.7 Å². The monoisotopic (exact) mass is 366 g/mol. The van der Waals surface area contributed by atoms with Gasteiger partial charge in [-0.2, -0.15) is 0 Å². The number of fused-ring (bicyclic) bond motifs is 1. The number of amides is 2. The van der Waals surface area contributed by atoms with Gasteiger partial charge in [-0.3, -0.25) is 9.59 Å². The number of hydrogen-bond acceptors (Lipinski definition) is 6. The minimum absolute atomic E-state index is 0.0632. The standard InChI is InChI=1S/C16H18N2O6S/c1-3-24-16(23)14-10-6-7-18(9(2)19)8-11(10)25-15(14)17-12(20)4-5-13(21)22/h4-5H,3,6-8H2,1-2H3,(H,17,20)(H,21,22)/b5-4+. The largest absolute Gasteiger partial charge is 0.478 e. The van der Waals surface area contributed by atoms with Crippen molar-refractivity contribution in [2.24, 2.45) is 0 Å². The molecule has 9 heteroatoms. The second kappa shape index (κ2) is 7.93. The van der Waals surface area contributed by atoms with Crippen molar-refractivity contribution in [1.82, 2.24) is 4.90 Å². The van der Waals surface area contributed by atoms with Gasteiger partial charge in [0.25, 0.3) is 0 Å². The van der Waals surface area contributed by atoms with Crippen LogP contribution in [0.2, 0.25) is 0 Å². The van der Waals surface area contributed by atoms with E-state index in [1.54, 1.807) is 11.8 Å². The summed E-state index contributed by atoms with van der Waals surface area (Å²) in [5.74, 6) is -2.51. The highest BCUT2D eigenvalue weighted by atomic mass is 32.1. The van der Waals surface area contributed by atoms with Crippen molar-refractivity contribution in [1.29, 1.82) is 0 Å². The number of anilines is 1. The molecule has 0 fully saturated rings. The van der Waals surface area contributed by atoms with Crippen molar-refractivity contribution >= 4 is 40.1 Å². The van der Waals surface area contributed by atoms with Crippen LogP contribution in [0.4, 0.5) is 5.00 Å². The predicted molar refractivity (Wildman–Crippen MR) is 90.5 cm³/mol. The number of rotatable bonds is 5. The molecule has 1 aliphatic rings. The maximum atomic E-state index is 12.3. The highest BCUT2D eigenvalue weighted by Gasteiger charge is 2.30. The van der Waals surface area contributed by atoms with Crippen LogP contribution in [0.15, 0.2) is 12.2 Å². The number of thiophene rings is 1. The summed E-state index contributed by atoms with van der Waals surface area (Å²) in [4.78, 5) is 48.7. The molecule has 2 heterocycles. The Hall–Kier alpha value is -2.68. The van der Waals surface area contributed by atoms with E-state index in [0.717, 1.165) is 16.5 Å². The molecule has 0 unspecified atom stereocenters. The first-order chi connectivity index (χ1) is 11.8. The molecule has 0 spiro atoms. The van der Waals surface area contributed by atoms with Crippen molar-refractivity contribution in [3.63, 3.8) is 0 Å². The molecule has 134 valence electrons. The van der Waals surface area contributed by atoms with Crippen molar-refractivity contribution < 1.29 is 29.0 Å². The van der Waals surface area contributed by atoms with Crippen LogP contribution in [-0.2, 0) is 32.1 Å². The molecule has 0 aromatic carbocycles. The molecule has 0 radical (unpaired) electrons. The average Bonchev–Trinajstić information content (AvgIpc) is 2.89. The van der Waals surface area contributed by atoms with Gasteiger partial charge in [0.15, 0.2) is 0 Å². The van der Waals surface area contributed by atoms with Gasteiger partial charge >= 0.3 is 11.9 Å². The second-order valence-corrected chi connectivity index (χ2v) is 6.38. The number of hydrogen-bond donors (Lipinski definition) is 2. The molecule has 0 saturated heterocycles. The third-order valence-corrected chi connectivity index (χ3v) is 4.73. The zero-order chi connectivity index (χ0) is 18.6. The lowest BCUT2D eigenvalue weighted by Gasteiger charge is -2.25. The lowest BCUT2D eigenvalue weighted by molar-refractivity contribution is -0.132. The molecular formula is C16H18N2O6S. The number of carboxylic acid groups (broad SMARTS) is 1. The van der Waals surface area contributed by atoms with Gasteiger partial charge in [-0.05, 0) is 18.9 Å². The molecule has 1 aromatic rings. The summed E-state index contributed by atoms with van der Waals surface area (Å²) in [6.07, 6.45) is 2.07. The number of nitrogens with zero attached hydrogens (tertiary/aromatic N) is 1. The first kappa shape index (κ1) is 18.7. The average molecular weight is 366 g/mol. The summed E-state index contributed by atoms with van der Waals surface area (Å²) < 4.78 is 5.07. The predicted octanol–water partition coefficient (Wildman–Crippen LogP) is 1.41. The number of ether oxygens (including phenoxy) is 1. The first-order valence-corrected chi connectivity index (χ1v) is 8.44. The van der Waals surface area contributed by atoms with Crippen LogP contribution in [-0.4, -0.2) is 46.9 Å². The summed E-state index contributed by atoms with van der Waals surface area (Å²) in [6.45, 7) is 4.20. The third-order valence-electron chi connectivity index (χ3n) is 3.60. The number of aliphatic carboxylic acids is 1. The highest BCUT2D eigenvalue weighted by molar-refractivity contribution is 7.17. The Morgan fingerprint density at radius 1 is 1.32 bits per heavy atom. The molecule has 1 aliphatic heterocycles. The maximum absolute atomic E-state index is 12.3. The molecular weight excluding hydrogens is 348 g/mol. The normalized spacial score (nSPS) is 13.4. The van der Waals surface area contributed by atoms with Gasteiger partial charge < -0.3 is 20.1 Å². The van der Waals surface area contributed by atoms with Gasteiger partial charge in [-0.15, -0.1) is 11.3 Å². The van der Waals surface area contributed by atoms with E-state index in [1.807, 2.05) is 0 Å². The van der Waals surface area contributed by atoms with Crippen LogP contribution < -0.4 is 5.32 Å². The molecule has 1 aromatic heterocycles. The van der Waals surface area contributed by atoms with E-state index in [2.05, 4.69) is 5.32 Å². The van der Waals surface area contributed by atoms with Crippen LogP contribution in [0.25, 0.3) is 0 Å². The fourth-order valence-corrected chi connectivity index (χ4v) is 3.73. The summed E-state index contributed by atoms with van der Waals surface area (Å²) in [5.41, 5.74) is 1.04. The zero-order valence-electron chi connectivity index (χ0n) is 13.8. The Balaban J connectivity index is 2.35. The van der Waals surface area contributed by atoms with E-state index in [0.29, 0.717) is 30.6 Å². The second-order valence-electron chi connectivity index (χ2n) is 5.28. The van der Waals surface area contributed by atoms with Crippen LogP contribution in [0, 0.1) is 0 Å². The van der Waals surface area contributed by atoms with E-state index in [-0.39, 0.29) is 18.1 Å². The van der Waals surface area contributed by atoms with E-state index >= 15 is 0 Å². The quantitative estimate of drug-likeness (QED) is 0.602. The van der Waals surface area contributed by atoms with Gasteiger partial charge in [-0.1, -0.05) is 0 Å². The Labute approximate surface area is 148 Å². The number of carbonyl (C=O) groups is 4. The smallest absolute Gasteiger partial charge is 0.341 e.